The van der Waals surface area contributed by atoms with Gasteiger partial charge in [0.2, 0.25) is 0 Å². The summed E-state index contributed by atoms with van der Waals surface area (Å²) in [6.07, 6.45) is 0.912. The number of hydrogen-bond donors (Lipinski definition) is 4. The van der Waals surface area contributed by atoms with Crippen LogP contribution in [0, 0.1) is 0 Å². The van der Waals surface area contributed by atoms with Crippen molar-refractivity contribution in [3.05, 3.63) is 18.3 Å². The number of hydrogen-bond acceptors (Lipinski definition) is 5. The van der Waals surface area contributed by atoms with E-state index in [4.69, 9.17) is 11.5 Å². The van der Waals surface area contributed by atoms with Crippen LogP contribution in [0.1, 0.15) is 0 Å². The van der Waals surface area contributed by atoms with Crippen molar-refractivity contribution < 1.29 is 9.53 Å². The highest BCUT2D eigenvalue weighted by molar-refractivity contribution is 5.88. The van der Waals surface area contributed by atoms with Crippen LogP contribution in [0.5, 0.6) is 0 Å². The van der Waals surface area contributed by atoms with Crippen molar-refractivity contribution in [2.75, 3.05) is 24.2 Å². The van der Waals surface area contributed by atoms with Crippen molar-refractivity contribution in [1.29, 1.82) is 0 Å². The van der Waals surface area contributed by atoms with E-state index in [9.17, 15) is 4.79 Å². The number of nitrogens with one attached hydrogen (secondary N) is 2. The molecule has 0 saturated carbocycles. The number of amides is 1. The number of fused-ring (bicyclic) bond motifs is 1. The van der Waals surface area contributed by atoms with Crippen LogP contribution in [0.4, 0.5) is 16.2 Å². The molecule has 7 nitrogen and oxygen atoms in total. The number of nitrogen functional groups attached to an aromatic ring is 1. The molecule has 2 rings (SSSR count). The summed E-state index contributed by atoms with van der Waals surface area (Å²) in [7, 11) is 0. The van der Waals surface area contributed by atoms with E-state index >= 15 is 0 Å². The van der Waals surface area contributed by atoms with E-state index in [2.05, 4.69) is 20.3 Å². The zero-order chi connectivity index (χ0) is 12.3. The predicted molar refractivity (Wildman–Crippen MR) is 64.5 cm³/mol. The minimum absolute atomic E-state index is 0.190. The van der Waals surface area contributed by atoms with Gasteiger partial charge in [-0.3, -0.25) is 5.10 Å². The molecule has 6 N–H and O–H groups in total. The van der Waals surface area contributed by atoms with Gasteiger partial charge in [0.1, 0.15) is 6.61 Å². The number of nitrogens with two attached hydrogens (primary N) is 2. The molecule has 1 heterocycles. The van der Waals surface area contributed by atoms with Gasteiger partial charge in [-0.2, -0.15) is 5.10 Å². The van der Waals surface area contributed by atoms with Gasteiger partial charge in [0.05, 0.1) is 23.1 Å². The highest BCUT2D eigenvalue weighted by Gasteiger charge is 2.03. The molecule has 0 aliphatic carbocycles. The number of H-pyrrole nitrogens is 1. The minimum atomic E-state index is -0.788. The second-order valence-electron chi connectivity index (χ2n) is 3.49. The quantitative estimate of drug-likeness (QED) is 0.458. The Bertz CT molecular complexity index is 536. The van der Waals surface area contributed by atoms with Crippen LogP contribution in [0.25, 0.3) is 10.9 Å². The Labute approximate surface area is 97.1 Å². The van der Waals surface area contributed by atoms with E-state index in [0.717, 1.165) is 16.6 Å². The lowest BCUT2D eigenvalue weighted by Gasteiger charge is -2.09. The highest BCUT2D eigenvalue weighted by Crippen LogP contribution is 2.24. The van der Waals surface area contributed by atoms with Crippen molar-refractivity contribution >= 4 is 28.4 Å². The van der Waals surface area contributed by atoms with Crippen LogP contribution in [-0.2, 0) is 4.74 Å². The Morgan fingerprint density at radius 3 is 3.12 bits per heavy atom. The number of anilines is 2. The van der Waals surface area contributed by atoms with E-state index < -0.39 is 6.09 Å². The molecule has 0 bridgehead atoms. The van der Waals surface area contributed by atoms with Gasteiger partial charge in [-0.05, 0) is 12.1 Å². The molecule has 0 aliphatic heterocycles. The van der Waals surface area contributed by atoms with Gasteiger partial charge in [0.15, 0.2) is 0 Å². The fourth-order valence-corrected chi connectivity index (χ4v) is 1.50. The number of aromatic amines is 1. The molecule has 1 amide bonds. The fourth-order valence-electron chi connectivity index (χ4n) is 1.50. The number of carbonyl (C=O) groups excluding carboxylic acids is 1. The van der Waals surface area contributed by atoms with Crippen molar-refractivity contribution in [2.45, 2.75) is 0 Å². The summed E-state index contributed by atoms with van der Waals surface area (Å²) in [5.41, 5.74) is 12.9. The first-order valence-electron chi connectivity index (χ1n) is 5.05. The predicted octanol–water partition coefficient (Wildman–Crippen LogP) is 0.652. The topological polar surface area (TPSA) is 119 Å². The number of carbonyl (C=O) groups is 1. The van der Waals surface area contributed by atoms with Gasteiger partial charge < -0.3 is 21.5 Å². The molecular weight excluding hydrogens is 222 g/mol. The minimum Gasteiger partial charge on any atom is -0.448 e. The third kappa shape index (κ3) is 2.57. The number of primary amides is 1. The van der Waals surface area contributed by atoms with Gasteiger partial charge >= 0.3 is 6.09 Å². The van der Waals surface area contributed by atoms with Crippen LogP contribution < -0.4 is 16.8 Å². The molecule has 7 heteroatoms. The summed E-state index contributed by atoms with van der Waals surface area (Å²) in [5, 5.41) is 10.7. The van der Waals surface area contributed by atoms with E-state index in [1.165, 1.54) is 0 Å². The first-order chi connectivity index (χ1) is 8.16. The molecule has 0 fully saturated rings. The monoisotopic (exact) mass is 235 g/mol. The van der Waals surface area contributed by atoms with Crippen LogP contribution >= 0.6 is 0 Å². The molecule has 2 aromatic rings. The van der Waals surface area contributed by atoms with Crippen molar-refractivity contribution in [3.8, 4) is 0 Å². The smallest absolute Gasteiger partial charge is 0.404 e. The Kier molecular flexibility index (Phi) is 2.99. The Hall–Kier alpha value is -2.44. The zero-order valence-corrected chi connectivity index (χ0v) is 9.06. The lowest BCUT2D eigenvalue weighted by atomic mass is 10.2. The lowest BCUT2D eigenvalue weighted by molar-refractivity contribution is 0.161. The van der Waals surface area contributed by atoms with Crippen LogP contribution in [0.2, 0.25) is 0 Å². The number of benzene rings is 1. The highest BCUT2D eigenvalue weighted by atomic mass is 16.5. The van der Waals surface area contributed by atoms with E-state index in [1.54, 1.807) is 6.20 Å². The molecule has 1 aromatic heterocycles. The van der Waals surface area contributed by atoms with E-state index in [1.807, 2.05) is 12.1 Å². The second kappa shape index (κ2) is 4.60. The summed E-state index contributed by atoms with van der Waals surface area (Å²) in [6, 6.07) is 3.66. The van der Waals surface area contributed by atoms with Gasteiger partial charge in [-0.1, -0.05) is 0 Å². The first kappa shape index (κ1) is 11.1. The fraction of sp³-hybridized carbons (Fsp3) is 0.200. The van der Waals surface area contributed by atoms with Gasteiger partial charge in [0, 0.05) is 11.9 Å². The third-order valence-corrected chi connectivity index (χ3v) is 2.27. The van der Waals surface area contributed by atoms with Gasteiger partial charge in [-0.25, -0.2) is 4.79 Å². The maximum atomic E-state index is 10.4. The van der Waals surface area contributed by atoms with Crippen molar-refractivity contribution in [3.63, 3.8) is 0 Å². The Morgan fingerprint density at radius 1 is 1.53 bits per heavy atom. The summed E-state index contributed by atoms with van der Waals surface area (Å²) in [6.45, 7) is 0.628. The first-order valence-corrected chi connectivity index (χ1v) is 5.05. The normalized spacial score (nSPS) is 10.4. The molecular formula is C10H13N5O2. The molecule has 90 valence electrons. The zero-order valence-electron chi connectivity index (χ0n) is 9.06. The Morgan fingerprint density at radius 2 is 2.35 bits per heavy atom. The SMILES string of the molecule is NC(=O)OCCNc1cc2[nH]ncc2cc1N. The molecule has 0 atom stereocenters. The van der Waals surface area contributed by atoms with Crippen molar-refractivity contribution in [1.82, 2.24) is 10.2 Å². The molecule has 0 saturated heterocycles. The van der Waals surface area contributed by atoms with Crippen LogP contribution in [0.3, 0.4) is 0 Å². The van der Waals surface area contributed by atoms with E-state index in [-0.39, 0.29) is 6.61 Å². The molecule has 1 aromatic carbocycles. The van der Waals surface area contributed by atoms with Gasteiger partial charge in [-0.15, -0.1) is 0 Å². The number of ether oxygens (including phenoxy) is 1. The summed E-state index contributed by atoms with van der Waals surface area (Å²) < 4.78 is 4.59. The third-order valence-electron chi connectivity index (χ3n) is 2.27. The molecule has 0 spiro atoms. The lowest BCUT2D eigenvalue weighted by Crippen LogP contribution is -2.18. The van der Waals surface area contributed by atoms with Crippen molar-refractivity contribution in [2.24, 2.45) is 5.73 Å². The summed E-state index contributed by atoms with van der Waals surface area (Å²) in [5.74, 6) is 0. The maximum Gasteiger partial charge on any atom is 0.404 e. The molecule has 0 radical (unpaired) electrons. The molecule has 0 unspecified atom stereocenters. The summed E-state index contributed by atoms with van der Waals surface area (Å²) >= 11 is 0. The average Bonchev–Trinajstić information content (AvgIpc) is 2.71. The number of nitrogens with zero attached hydrogens (tertiary/aromatic N) is 1. The maximum absolute atomic E-state index is 10.4. The number of aromatic nitrogens is 2. The van der Waals surface area contributed by atoms with E-state index in [0.29, 0.717) is 12.2 Å². The summed E-state index contributed by atoms with van der Waals surface area (Å²) in [4.78, 5) is 10.4. The Balaban J connectivity index is 2.02. The average molecular weight is 235 g/mol. The number of rotatable bonds is 4. The van der Waals surface area contributed by atoms with Gasteiger partial charge in [0.25, 0.3) is 0 Å². The largest absolute Gasteiger partial charge is 0.448 e. The standard InChI is InChI=1S/C10H13N5O2/c11-7-3-6-5-14-15-8(6)4-9(7)13-1-2-17-10(12)16/h3-5,13H,1-2,11H2,(H2,12,16)(H,14,15). The van der Waals surface area contributed by atoms with Crippen LogP contribution in [-0.4, -0.2) is 29.4 Å². The van der Waals surface area contributed by atoms with Crippen LogP contribution in [0.15, 0.2) is 18.3 Å². The molecule has 17 heavy (non-hydrogen) atoms. The molecule has 0 aliphatic rings. The second-order valence-corrected chi connectivity index (χ2v) is 3.49.